The van der Waals surface area contributed by atoms with Crippen LogP contribution in [0, 0.1) is 13.8 Å². The van der Waals surface area contributed by atoms with Gasteiger partial charge in [0.2, 0.25) is 0 Å². The Hall–Kier alpha value is -3.61. The van der Waals surface area contributed by atoms with E-state index in [2.05, 4.69) is 41.2 Å². The third-order valence-corrected chi connectivity index (χ3v) is 7.22. The molecule has 1 atom stereocenters. The number of fused-ring (bicyclic) bond motifs is 1. The lowest BCUT2D eigenvalue weighted by Gasteiger charge is -2.10. The topological polar surface area (TPSA) is 68.5 Å². The number of ether oxygens (including phenoxy) is 1. The maximum atomic E-state index is 13.6. The van der Waals surface area contributed by atoms with E-state index in [-0.39, 0.29) is 12.4 Å². The molecule has 37 heavy (non-hydrogen) atoms. The summed E-state index contributed by atoms with van der Waals surface area (Å²) in [6, 6.07) is 22.2. The van der Waals surface area contributed by atoms with Crippen LogP contribution < -0.4 is 0 Å². The van der Waals surface area contributed by atoms with Crippen LogP contribution in [0.4, 0.5) is 0 Å². The number of ketones is 1. The van der Waals surface area contributed by atoms with Gasteiger partial charge in [-0.25, -0.2) is 4.79 Å². The number of carboxylic acids is 1. The fourth-order valence-corrected chi connectivity index (χ4v) is 4.73. The number of benzene rings is 3. The second kappa shape index (κ2) is 11.6. The van der Waals surface area contributed by atoms with Crippen LogP contribution in [0.1, 0.15) is 45.2 Å². The Morgan fingerprint density at radius 1 is 1.03 bits per heavy atom. The zero-order valence-corrected chi connectivity index (χ0v) is 22.3. The number of hydrogen-bond donors (Lipinski definition) is 1. The van der Waals surface area contributed by atoms with Crippen LogP contribution in [0.2, 0.25) is 0 Å². The van der Waals surface area contributed by atoms with Gasteiger partial charge in [-0.05, 0) is 50.3 Å². The first-order valence-electron chi connectivity index (χ1n) is 12.2. The molecule has 0 aliphatic rings. The van der Waals surface area contributed by atoms with Crippen LogP contribution in [0.5, 0.6) is 0 Å². The molecule has 0 spiro atoms. The molecule has 0 bridgehead atoms. The van der Waals surface area contributed by atoms with Crippen LogP contribution in [-0.2, 0) is 16.1 Å². The second-order valence-corrected chi connectivity index (χ2v) is 9.96. The summed E-state index contributed by atoms with van der Waals surface area (Å²) in [7, 11) is 0. The molecule has 0 aliphatic carbocycles. The molecule has 0 amide bonds. The summed E-state index contributed by atoms with van der Waals surface area (Å²) < 4.78 is 7.47. The predicted molar refractivity (Wildman–Crippen MR) is 151 cm³/mol. The van der Waals surface area contributed by atoms with Gasteiger partial charge in [0.15, 0.2) is 11.9 Å². The number of hydrogen-bond acceptors (Lipinski definition) is 4. The standard InChI is InChI=1S/C31H31NO4S/c1-20-7-13-25(14-8-20)30(33)29-21(2)32(28-18-26(37-4)15-16-27(28)29)19-24-11-9-23(10-12-24)6-5-17-36-22(3)31(34)35/h5-16,18,22H,17,19H2,1-4H3,(H,34,35)/b6-5+/t22-/m1/s1. The van der Waals surface area contributed by atoms with E-state index in [0.717, 1.165) is 43.7 Å². The molecule has 5 nitrogen and oxygen atoms in total. The van der Waals surface area contributed by atoms with Gasteiger partial charge in [-0.2, -0.15) is 0 Å². The summed E-state index contributed by atoms with van der Waals surface area (Å²) in [4.78, 5) is 25.6. The van der Waals surface area contributed by atoms with Crippen molar-refractivity contribution in [3.63, 3.8) is 0 Å². The highest BCUT2D eigenvalue weighted by molar-refractivity contribution is 7.98. The lowest BCUT2D eigenvalue weighted by Crippen LogP contribution is -2.19. The zero-order valence-electron chi connectivity index (χ0n) is 21.5. The number of nitrogens with zero attached hydrogens (tertiary/aromatic N) is 1. The van der Waals surface area contributed by atoms with Crippen molar-refractivity contribution in [1.82, 2.24) is 4.57 Å². The third-order valence-electron chi connectivity index (χ3n) is 6.49. The molecule has 0 saturated carbocycles. The number of aliphatic carboxylic acids is 1. The highest BCUT2D eigenvalue weighted by atomic mass is 32.2. The Kier molecular flexibility index (Phi) is 8.31. The van der Waals surface area contributed by atoms with Crippen LogP contribution >= 0.6 is 11.8 Å². The number of carbonyl (C=O) groups excluding carboxylic acids is 1. The third kappa shape index (κ3) is 6.04. The largest absolute Gasteiger partial charge is 0.479 e. The smallest absolute Gasteiger partial charge is 0.332 e. The van der Waals surface area contributed by atoms with Gasteiger partial charge in [0.1, 0.15) is 0 Å². The summed E-state index contributed by atoms with van der Waals surface area (Å²) in [5.41, 5.74) is 6.70. The summed E-state index contributed by atoms with van der Waals surface area (Å²) in [5, 5.41) is 9.86. The predicted octanol–water partition coefficient (Wildman–Crippen LogP) is 6.76. The van der Waals surface area contributed by atoms with Crippen molar-refractivity contribution in [3.05, 3.63) is 106 Å². The minimum Gasteiger partial charge on any atom is -0.479 e. The zero-order chi connectivity index (χ0) is 26.5. The average Bonchev–Trinajstić information content (AvgIpc) is 3.17. The Morgan fingerprint density at radius 2 is 1.73 bits per heavy atom. The molecule has 0 unspecified atom stereocenters. The quantitative estimate of drug-likeness (QED) is 0.187. The minimum absolute atomic E-state index is 0.0399. The van der Waals surface area contributed by atoms with E-state index in [1.807, 2.05) is 62.4 Å². The molecule has 1 heterocycles. The molecular weight excluding hydrogens is 482 g/mol. The van der Waals surface area contributed by atoms with E-state index >= 15 is 0 Å². The molecular formula is C31H31NO4S. The van der Waals surface area contributed by atoms with Gasteiger partial charge in [-0.15, -0.1) is 11.8 Å². The van der Waals surface area contributed by atoms with Gasteiger partial charge >= 0.3 is 5.97 Å². The fourth-order valence-electron chi connectivity index (χ4n) is 4.30. The molecule has 1 aromatic heterocycles. The maximum absolute atomic E-state index is 13.6. The lowest BCUT2D eigenvalue weighted by molar-refractivity contribution is -0.148. The Morgan fingerprint density at radius 3 is 2.38 bits per heavy atom. The Balaban J connectivity index is 1.61. The van der Waals surface area contributed by atoms with Gasteiger partial charge in [-0.3, -0.25) is 4.79 Å². The van der Waals surface area contributed by atoms with E-state index < -0.39 is 12.1 Å². The number of carboxylic acid groups (broad SMARTS) is 1. The number of thioether (sulfide) groups is 1. The normalized spacial score (nSPS) is 12.3. The number of rotatable bonds is 10. The highest BCUT2D eigenvalue weighted by Crippen LogP contribution is 2.32. The molecule has 1 N–H and O–H groups in total. The van der Waals surface area contributed by atoms with E-state index in [1.165, 1.54) is 6.92 Å². The Bertz CT molecular complexity index is 1450. The van der Waals surface area contributed by atoms with Crippen molar-refractivity contribution in [2.75, 3.05) is 12.9 Å². The van der Waals surface area contributed by atoms with Crippen LogP contribution in [0.25, 0.3) is 17.0 Å². The second-order valence-electron chi connectivity index (χ2n) is 9.08. The van der Waals surface area contributed by atoms with Crippen molar-refractivity contribution in [2.24, 2.45) is 0 Å². The van der Waals surface area contributed by atoms with Gasteiger partial charge in [0.25, 0.3) is 0 Å². The molecule has 0 aliphatic heterocycles. The first kappa shape index (κ1) is 26.5. The van der Waals surface area contributed by atoms with Crippen LogP contribution in [0.15, 0.2) is 77.7 Å². The van der Waals surface area contributed by atoms with Crippen molar-refractivity contribution < 1.29 is 19.4 Å². The molecule has 3 aromatic carbocycles. The van der Waals surface area contributed by atoms with Crippen LogP contribution in [-0.4, -0.2) is 40.4 Å². The van der Waals surface area contributed by atoms with Gasteiger partial charge < -0.3 is 14.4 Å². The summed E-state index contributed by atoms with van der Waals surface area (Å²) in [6.07, 6.45) is 4.95. The molecule has 0 fully saturated rings. The van der Waals surface area contributed by atoms with Crippen molar-refractivity contribution >= 4 is 40.5 Å². The SMILES string of the molecule is CSc1ccc2c(C(=O)c3ccc(C)cc3)c(C)n(Cc3ccc(/C=C/CO[C@H](C)C(=O)O)cc3)c2c1. The molecule has 0 radical (unpaired) electrons. The molecule has 4 rings (SSSR count). The number of aryl methyl sites for hydroxylation is 1. The summed E-state index contributed by atoms with van der Waals surface area (Å²) >= 11 is 1.69. The fraction of sp³-hybridized carbons (Fsp3) is 0.226. The lowest BCUT2D eigenvalue weighted by atomic mass is 10.00. The number of aromatic nitrogens is 1. The first-order chi connectivity index (χ1) is 17.8. The Labute approximate surface area is 221 Å². The minimum atomic E-state index is -0.973. The highest BCUT2D eigenvalue weighted by Gasteiger charge is 2.21. The molecule has 4 aromatic rings. The monoisotopic (exact) mass is 513 g/mol. The molecule has 190 valence electrons. The van der Waals surface area contributed by atoms with E-state index in [9.17, 15) is 9.59 Å². The van der Waals surface area contributed by atoms with Crippen molar-refractivity contribution in [2.45, 2.75) is 38.3 Å². The first-order valence-corrected chi connectivity index (χ1v) is 13.4. The average molecular weight is 514 g/mol. The van der Waals surface area contributed by atoms with E-state index in [4.69, 9.17) is 9.84 Å². The van der Waals surface area contributed by atoms with Crippen molar-refractivity contribution in [3.8, 4) is 0 Å². The number of carbonyl (C=O) groups is 2. The summed E-state index contributed by atoms with van der Waals surface area (Å²) in [5.74, 6) is -0.933. The van der Waals surface area contributed by atoms with Gasteiger partial charge in [-0.1, -0.05) is 72.3 Å². The van der Waals surface area contributed by atoms with Crippen LogP contribution in [0.3, 0.4) is 0 Å². The van der Waals surface area contributed by atoms with E-state index in [1.54, 1.807) is 11.8 Å². The van der Waals surface area contributed by atoms with Gasteiger partial charge in [0, 0.05) is 28.1 Å². The maximum Gasteiger partial charge on any atom is 0.332 e. The molecule has 6 heteroatoms. The van der Waals surface area contributed by atoms with Gasteiger partial charge in [0.05, 0.1) is 17.7 Å². The summed E-state index contributed by atoms with van der Waals surface area (Å²) in [6.45, 7) is 6.43. The molecule has 0 saturated heterocycles. The van der Waals surface area contributed by atoms with Crippen molar-refractivity contribution in [1.29, 1.82) is 0 Å². The van der Waals surface area contributed by atoms with E-state index in [0.29, 0.717) is 12.1 Å².